The number of aromatic nitrogens is 1. The molecule has 120 valence electrons. The smallest absolute Gasteiger partial charge is 0.172 e. The molecule has 1 aromatic carbocycles. The molecule has 0 bridgehead atoms. The van der Waals surface area contributed by atoms with Crippen molar-refractivity contribution in [2.24, 2.45) is 0 Å². The van der Waals surface area contributed by atoms with Gasteiger partial charge in [-0.05, 0) is 36.3 Å². The Balaban J connectivity index is 1.95. The fraction of sp³-hybridized carbons (Fsp3) is 0.333. The largest absolute Gasteiger partial charge is 0.339 e. The minimum absolute atomic E-state index is 0.00402. The second-order valence-corrected chi connectivity index (χ2v) is 6.10. The summed E-state index contributed by atoms with van der Waals surface area (Å²) in [5.74, 6) is 0.544. The van der Waals surface area contributed by atoms with Gasteiger partial charge in [0.15, 0.2) is 5.78 Å². The number of hydrogen-bond donors (Lipinski definition) is 1. The molecule has 0 saturated heterocycles. The normalized spacial score (nSPS) is 13.3. The Morgan fingerprint density at radius 1 is 1.26 bits per heavy atom. The molecule has 3 rings (SSSR count). The van der Waals surface area contributed by atoms with Crippen molar-refractivity contribution >= 4 is 28.9 Å². The zero-order valence-corrected chi connectivity index (χ0v) is 14.2. The summed E-state index contributed by atoms with van der Waals surface area (Å²) in [4.78, 5) is 19.2. The monoisotopic (exact) mass is 329 g/mol. The van der Waals surface area contributed by atoms with Crippen LogP contribution in [0.4, 0.5) is 11.5 Å². The number of carbonyl (C=O) groups is 1. The van der Waals surface area contributed by atoms with Crippen LogP contribution in [0.1, 0.15) is 35.3 Å². The van der Waals surface area contributed by atoms with E-state index in [-0.39, 0.29) is 5.78 Å². The Bertz CT molecular complexity index is 741. The maximum absolute atomic E-state index is 12.6. The van der Waals surface area contributed by atoms with Gasteiger partial charge in [-0.25, -0.2) is 4.98 Å². The number of hydrogen-bond acceptors (Lipinski definition) is 4. The van der Waals surface area contributed by atoms with E-state index in [2.05, 4.69) is 41.2 Å². The van der Waals surface area contributed by atoms with Crippen LogP contribution in [0.3, 0.4) is 0 Å². The van der Waals surface area contributed by atoms with Crippen LogP contribution < -0.4 is 5.32 Å². The van der Waals surface area contributed by atoms with Gasteiger partial charge in [0.25, 0.3) is 0 Å². The number of Topliss-reactive ketones (excluding diaryl/α,β-unsaturated/α-hetero) is 1. The van der Waals surface area contributed by atoms with Crippen LogP contribution in [0.2, 0.25) is 5.02 Å². The molecule has 23 heavy (non-hydrogen) atoms. The number of anilines is 2. The summed E-state index contributed by atoms with van der Waals surface area (Å²) in [5, 5.41) is 3.70. The summed E-state index contributed by atoms with van der Waals surface area (Å²) in [5.41, 5.74) is 3.62. The summed E-state index contributed by atoms with van der Waals surface area (Å²) in [7, 11) is 0. The van der Waals surface area contributed by atoms with Crippen LogP contribution >= 0.6 is 11.6 Å². The highest BCUT2D eigenvalue weighted by Gasteiger charge is 2.23. The van der Waals surface area contributed by atoms with Crippen LogP contribution in [0, 0.1) is 0 Å². The lowest BCUT2D eigenvalue weighted by Crippen LogP contribution is -2.22. The van der Waals surface area contributed by atoms with Crippen molar-refractivity contribution < 1.29 is 4.79 Å². The molecule has 0 spiro atoms. The number of fused-ring (bicyclic) bond motifs is 2. The Labute approximate surface area is 141 Å². The van der Waals surface area contributed by atoms with E-state index in [4.69, 9.17) is 11.6 Å². The third-order valence-electron chi connectivity index (χ3n) is 4.25. The average Bonchev–Trinajstić information content (AvgIpc) is 2.68. The SMILES string of the molecule is CCN(CC)Cc1ccc2c(c1)CC(=O)c1c(Cl)ccnc1N2. The molecule has 0 amide bonds. The number of rotatable bonds is 4. The first-order chi connectivity index (χ1) is 11.1. The molecule has 0 aliphatic carbocycles. The van der Waals surface area contributed by atoms with Gasteiger partial charge in [0.1, 0.15) is 5.82 Å². The van der Waals surface area contributed by atoms with E-state index in [1.165, 1.54) is 5.56 Å². The minimum atomic E-state index is 0.00402. The van der Waals surface area contributed by atoms with Gasteiger partial charge in [-0.3, -0.25) is 9.69 Å². The van der Waals surface area contributed by atoms with Gasteiger partial charge in [0.05, 0.1) is 10.6 Å². The first kappa shape index (κ1) is 16.0. The molecule has 2 aromatic rings. The lowest BCUT2D eigenvalue weighted by atomic mass is 10.0. The lowest BCUT2D eigenvalue weighted by Gasteiger charge is -2.19. The minimum Gasteiger partial charge on any atom is -0.339 e. The Hall–Kier alpha value is -1.91. The van der Waals surface area contributed by atoms with E-state index in [1.54, 1.807) is 12.3 Å². The van der Waals surface area contributed by atoms with Crippen molar-refractivity contribution in [1.29, 1.82) is 0 Å². The Morgan fingerprint density at radius 2 is 2.04 bits per heavy atom. The molecule has 1 aliphatic heterocycles. The number of ketones is 1. The van der Waals surface area contributed by atoms with Crippen molar-refractivity contribution in [3.05, 3.63) is 52.2 Å². The zero-order valence-electron chi connectivity index (χ0n) is 13.4. The lowest BCUT2D eigenvalue weighted by molar-refractivity contribution is 0.0994. The average molecular weight is 330 g/mol. The molecule has 1 aromatic heterocycles. The van der Waals surface area contributed by atoms with Gasteiger partial charge >= 0.3 is 0 Å². The second kappa shape index (κ2) is 6.69. The van der Waals surface area contributed by atoms with Gasteiger partial charge < -0.3 is 5.32 Å². The fourth-order valence-electron chi connectivity index (χ4n) is 2.91. The van der Waals surface area contributed by atoms with Gasteiger partial charge in [-0.15, -0.1) is 0 Å². The molecule has 2 heterocycles. The molecule has 0 unspecified atom stereocenters. The van der Waals surface area contributed by atoms with Crippen molar-refractivity contribution in [2.45, 2.75) is 26.8 Å². The maximum Gasteiger partial charge on any atom is 0.172 e. The molecule has 4 nitrogen and oxygen atoms in total. The molecular formula is C18H20ClN3O. The number of benzene rings is 1. The predicted molar refractivity (Wildman–Crippen MR) is 93.6 cm³/mol. The van der Waals surface area contributed by atoms with E-state index in [9.17, 15) is 4.79 Å². The summed E-state index contributed by atoms with van der Waals surface area (Å²) >= 11 is 6.18. The standard InChI is InChI=1S/C18H20ClN3O/c1-3-22(4-2)11-12-5-6-15-13(9-12)10-16(23)17-14(19)7-8-20-18(17)21-15/h5-9H,3-4,10-11H2,1-2H3,(H,20,21). The Kier molecular flexibility index (Phi) is 4.64. The van der Waals surface area contributed by atoms with Gasteiger partial charge in [0, 0.05) is 24.8 Å². The molecule has 1 N–H and O–H groups in total. The second-order valence-electron chi connectivity index (χ2n) is 5.69. The van der Waals surface area contributed by atoms with E-state index >= 15 is 0 Å². The number of nitrogens with zero attached hydrogens (tertiary/aromatic N) is 2. The van der Waals surface area contributed by atoms with Crippen LogP contribution in [0.15, 0.2) is 30.5 Å². The van der Waals surface area contributed by atoms with E-state index in [1.807, 2.05) is 6.07 Å². The first-order valence-electron chi connectivity index (χ1n) is 7.91. The fourth-order valence-corrected chi connectivity index (χ4v) is 3.16. The molecular weight excluding hydrogens is 310 g/mol. The molecule has 0 saturated carbocycles. The Morgan fingerprint density at radius 3 is 2.78 bits per heavy atom. The molecule has 5 heteroatoms. The van der Waals surface area contributed by atoms with E-state index in [0.717, 1.165) is 30.9 Å². The van der Waals surface area contributed by atoms with Crippen LogP contribution in [-0.4, -0.2) is 28.8 Å². The summed E-state index contributed by atoms with van der Waals surface area (Å²) in [6.45, 7) is 7.22. The summed E-state index contributed by atoms with van der Waals surface area (Å²) in [6.07, 6.45) is 1.95. The van der Waals surface area contributed by atoms with Crippen molar-refractivity contribution in [3.8, 4) is 0 Å². The van der Waals surface area contributed by atoms with Crippen LogP contribution in [0.5, 0.6) is 0 Å². The number of halogens is 1. The highest BCUT2D eigenvalue weighted by molar-refractivity contribution is 6.34. The van der Waals surface area contributed by atoms with Gasteiger partial charge in [0.2, 0.25) is 0 Å². The molecule has 0 atom stereocenters. The quantitative estimate of drug-likeness (QED) is 0.918. The zero-order chi connectivity index (χ0) is 16.4. The van der Waals surface area contributed by atoms with E-state index < -0.39 is 0 Å². The van der Waals surface area contributed by atoms with Crippen molar-refractivity contribution in [3.63, 3.8) is 0 Å². The topological polar surface area (TPSA) is 45.2 Å². The van der Waals surface area contributed by atoms with Gasteiger partial charge in [-0.2, -0.15) is 0 Å². The van der Waals surface area contributed by atoms with Crippen molar-refractivity contribution in [2.75, 3.05) is 18.4 Å². The highest BCUT2D eigenvalue weighted by atomic mass is 35.5. The molecule has 0 radical (unpaired) electrons. The highest BCUT2D eigenvalue weighted by Crippen LogP contribution is 2.32. The molecule has 0 fully saturated rings. The summed E-state index contributed by atoms with van der Waals surface area (Å²) in [6, 6.07) is 7.89. The van der Waals surface area contributed by atoms with Crippen molar-refractivity contribution in [1.82, 2.24) is 9.88 Å². The number of pyridine rings is 1. The first-order valence-corrected chi connectivity index (χ1v) is 8.29. The number of carbonyl (C=O) groups excluding carboxylic acids is 1. The van der Waals surface area contributed by atoms with E-state index in [0.29, 0.717) is 22.8 Å². The van der Waals surface area contributed by atoms with Crippen LogP contribution in [0.25, 0.3) is 0 Å². The summed E-state index contributed by atoms with van der Waals surface area (Å²) < 4.78 is 0. The molecule has 1 aliphatic rings. The van der Waals surface area contributed by atoms with Crippen LogP contribution in [-0.2, 0) is 13.0 Å². The van der Waals surface area contributed by atoms with Gasteiger partial charge in [-0.1, -0.05) is 37.6 Å². The maximum atomic E-state index is 12.6. The predicted octanol–water partition coefficient (Wildman–Crippen LogP) is 4.06. The third-order valence-corrected chi connectivity index (χ3v) is 4.57. The number of nitrogens with one attached hydrogen (secondary N) is 1. The third kappa shape index (κ3) is 3.23.